The van der Waals surface area contributed by atoms with E-state index in [0.29, 0.717) is 5.69 Å². The van der Waals surface area contributed by atoms with Gasteiger partial charge in [0, 0.05) is 19.0 Å². The maximum atomic E-state index is 6.17. The van der Waals surface area contributed by atoms with Gasteiger partial charge in [0.1, 0.15) is 0 Å². The third-order valence-electron chi connectivity index (χ3n) is 3.66. The monoisotopic (exact) mass is 277 g/mol. The van der Waals surface area contributed by atoms with E-state index in [0.717, 1.165) is 23.1 Å². The largest absolute Gasteiger partial charge is 0.396 e. The molecule has 21 heavy (non-hydrogen) atoms. The Kier molecular flexibility index (Phi) is 3.48. The van der Waals surface area contributed by atoms with E-state index in [1.807, 2.05) is 18.2 Å². The van der Waals surface area contributed by atoms with Gasteiger partial charge in [-0.15, -0.1) is 0 Å². The van der Waals surface area contributed by atoms with E-state index in [9.17, 15) is 0 Å². The van der Waals surface area contributed by atoms with E-state index < -0.39 is 0 Å². The summed E-state index contributed by atoms with van der Waals surface area (Å²) in [5, 5.41) is 1.09. The van der Waals surface area contributed by atoms with Crippen LogP contribution >= 0.6 is 0 Å². The second kappa shape index (κ2) is 5.44. The molecular weight excluding hydrogens is 258 g/mol. The molecule has 0 saturated carbocycles. The molecule has 0 atom stereocenters. The number of hydrogen-bond donors (Lipinski definition) is 1. The molecule has 2 N–H and O–H groups in total. The zero-order chi connectivity index (χ0) is 14.8. The van der Waals surface area contributed by atoms with Crippen LogP contribution < -0.4 is 10.6 Å². The van der Waals surface area contributed by atoms with Crippen molar-refractivity contribution in [1.29, 1.82) is 0 Å². The summed E-state index contributed by atoms with van der Waals surface area (Å²) >= 11 is 0. The number of benzene rings is 2. The highest BCUT2D eigenvalue weighted by Crippen LogP contribution is 2.31. The number of nitrogens with zero attached hydrogens (tertiary/aromatic N) is 2. The number of aryl methyl sites for hydroxylation is 1. The number of aromatic nitrogens is 1. The summed E-state index contributed by atoms with van der Waals surface area (Å²) in [6.07, 6.45) is 1.74. The van der Waals surface area contributed by atoms with Gasteiger partial charge < -0.3 is 10.6 Å². The quantitative estimate of drug-likeness (QED) is 0.792. The van der Waals surface area contributed by atoms with Crippen LogP contribution in [0.2, 0.25) is 0 Å². The van der Waals surface area contributed by atoms with Crippen LogP contribution in [0, 0.1) is 6.92 Å². The lowest BCUT2D eigenvalue weighted by molar-refractivity contribution is 0.927. The van der Waals surface area contributed by atoms with Crippen molar-refractivity contribution in [3.8, 4) is 0 Å². The molecule has 2 aromatic carbocycles. The summed E-state index contributed by atoms with van der Waals surface area (Å²) in [4.78, 5) is 6.58. The Balaban J connectivity index is 2.01. The molecule has 0 saturated heterocycles. The lowest BCUT2D eigenvalue weighted by Crippen LogP contribution is -2.18. The van der Waals surface area contributed by atoms with E-state index in [1.165, 1.54) is 11.1 Å². The van der Waals surface area contributed by atoms with E-state index in [-0.39, 0.29) is 0 Å². The normalized spacial score (nSPS) is 10.8. The number of hydrogen-bond acceptors (Lipinski definition) is 3. The van der Waals surface area contributed by atoms with Gasteiger partial charge in [0.2, 0.25) is 0 Å². The summed E-state index contributed by atoms with van der Waals surface area (Å²) in [6, 6.07) is 16.6. The molecule has 3 rings (SSSR count). The summed E-state index contributed by atoms with van der Waals surface area (Å²) in [7, 11) is 2.07. The van der Waals surface area contributed by atoms with E-state index >= 15 is 0 Å². The van der Waals surface area contributed by atoms with Gasteiger partial charge in [-0.1, -0.05) is 48.0 Å². The molecule has 1 aromatic heterocycles. The molecule has 106 valence electrons. The Morgan fingerprint density at radius 3 is 2.71 bits per heavy atom. The molecule has 0 radical (unpaired) electrons. The van der Waals surface area contributed by atoms with Crippen LogP contribution in [-0.4, -0.2) is 12.0 Å². The van der Waals surface area contributed by atoms with Crippen molar-refractivity contribution < 1.29 is 0 Å². The van der Waals surface area contributed by atoms with E-state index in [2.05, 4.69) is 54.2 Å². The molecule has 0 spiro atoms. The summed E-state index contributed by atoms with van der Waals surface area (Å²) in [5.74, 6) is 0. The molecule has 0 bridgehead atoms. The Morgan fingerprint density at radius 1 is 1.10 bits per heavy atom. The molecule has 3 aromatic rings. The van der Waals surface area contributed by atoms with E-state index in [4.69, 9.17) is 5.73 Å². The van der Waals surface area contributed by atoms with Crippen LogP contribution in [0.4, 0.5) is 11.4 Å². The zero-order valence-corrected chi connectivity index (χ0v) is 12.4. The minimum atomic E-state index is 0.712. The fraction of sp³-hybridized carbons (Fsp3) is 0.167. The first-order chi connectivity index (χ1) is 10.1. The van der Waals surface area contributed by atoms with Crippen molar-refractivity contribution in [2.45, 2.75) is 13.5 Å². The van der Waals surface area contributed by atoms with Crippen molar-refractivity contribution in [2.75, 3.05) is 17.7 Å². The average Bonchev–Trinajstić information content (AvgIpc) is 2.47. The molecule has 0 amide bonds. The lowest BCUT2D eigenvalue weighted by Gasteiger charge is -2.23. The molecular formula is C18H19N3. The fourth-order valence-electron chi connectivity index (χ4n) is 2.73. The summed E-state index contributed by atoms with van der Waals surface area (Å²) in [5.41, 5.74) is 11.4. The number of fused-ring (bicyclic) bond motifs is 1. The smallest absolute Gasteiger partial charge is 0.0745 e. The van der Waals surface area contributed by atoms with Crippen molar-refractivity contribution in [2.24, 2.45) is 0 Å². The van der Waals surface area contributed by atoms with Gasteiger partial charge in [0.15, 0.2) is 0 Å². The van der Waals surface area contributed by atoms with Gasteiger partial charge >= 0.3 is 0 Å². The molecule has 0 aliphatic carbocycles. The second-order valence-corrected chi connectivity index (χ2v) is 5.42. The van der Waals surface area contributed by atoms with Gasteiger partial charge in [0.25, 0.3) is 0 Å². The molecule has 0 unspecified atom stereocenters. The third kappa shape index (κ3) is 2.68. The average molecular weight is 277 g/mol. The number of rotatable bonds is 3. The Labute approximate surface area is 125 Å². The number of para-hydroxylation sites is 1. The highest BCUT2D eigenvalue weighted by Gasteiger charge is 2.11. The maximum Gasteiger partial charge on any atom is 0.0745 e. The third-order valence-corrected chi connectivity index (χ3v) is 3.66. The molecule has 0 aliphatic heterocycles. The maximum absolute atomic E-state index is 6.17. The highest BCUT2D eigenvalue weighted by molar-refractivity contribution is 5.97. The molecule has 1 heterocycles. The number of anilines is 2. The molecule has 3 nitrogen and oxygen atoms in total. The first-order valence-corrected chi connectivity index (χ1v) is 7.05. The molecule has 0 fully saturated rings. The second-order valence-electron chi connectivity index (χ2n) is 5.42. The predicted octanol–water partition coefficient (Wildman–Crippen LogP) is 3.76. The SMILES string of the molecule is Cc1cccc(CN(C)c2c(N)cnc3ccccc23)c1. The fourth-order valence-corrected chi connectivity index (χ4v) is 2.73. The standard InChI is InChI=1S/C18H19N3/c1-13-6-5-7-14(10-13)12-21(2)18-15-8-3-4-9-17(15)20-11-16(18)19/h3-11H,12,19H2,1-2H3. The number of pyridine rings is 1. The minimum absolute atomic E-state index is 0.712. The topological polar surface area (TPSA) is 42.1 Å². The van der Waals surface area contributed by atoms with Crippen LogP contribution in [-0.2, 0) is 6.54 Å². The molecule has 3 heteroatoms. The van der Waals surface area contributed by atoms with Gasteiger partial charge in [-0.2, -0.15) is 0 Å². The molecule has 0 aliphatic rings. The van der Waals surface area contributed by atoms with Crippen molar-refractivity contribution >= 4 is 22.3 Å². The first kappa shape index (κ1) is 13.4. The van der Waals surface area contributed by atoms with Gasteiger partial charge in [0.05, 0.1) is 23.1 Å². The summed E-state index contributed by atoms with van der Waals surface area (Å²) < 4.78 is 0. The Morgan fingerprint density at radius 2 is 1.90 bits per heavy atom. The van der Waals surface area contributed by atoms with Gasteiger partial charge in [-0.25, -0.2) is 0 Å². The lowest BCUT2D eigenvalue weighted by atomic mass is 10.1. The summed E-state index contributed by atoms with van der Waals surface area (Å²) in [6.45, 7) is 2.93. The minimum Gasteiger partial charge on any atom is -0.396 e. The van der Waals surface area contributed by atoms with Crippen molar-refractivity contribution in [1.82, 2.24) is 4.98 Å². The van der Waals surface area contributed by atoms with Gasteiger partial charge in [-0.3, -0.25) is 4.98 Å². The Bertz CT molecular complexity index is 780. The van der Waals surface area contributed by atoms with Crippen LogP contribution in [0.3, 0.4) is 0 Å². The van der Waals surface area contributed by atoms with E-state index in [1.54, 1.807) is 6.20 Å². The zero-order valence-electron chi connectivity index (χ0n) is 12.4. The van der Waals surface area contributed by atoms with Crippen LogP contribution in [0.15, 0.2) is 54.7 Å². The highest BCUT2D eigenvalue weighted by atomic mass is 15.1. The number of nitrogens with two attached hydrogens (primary N) is 1. The Hall–Kier alpha value is -2.55. The van der Waals surface area contributed by atoms with Crippen LogP contribution in [0.5, 0.6) is 0 Å². The number of nitrogen functional groups attached to an aromatic ring is 1. The van der Waals surface area contributed by atoms with Crippen molar-refractivity contribution in [3.63, 3.8) is 0 Å². The van der Waals surface area contributed by atoms with Gasteiger partial charge in [-0.05, 0) is 18.6 Å². The van der Waals surface area contributed by atoms with Crippen molar-refractivity contribution in [3.05, 3.63) is 65.9 Å². The first-order valence-electron chi connectivity index (χ1n) is 7.05. The predicted molar refractivity (Wildman–Crippen MR) is 89.4 cm³/mol. The van der Waals surface area contributed by atoms with Crippen LogP contribution in [0.1, 0.15) is 11.1 Å². The van der Waals surface area contributed by atoms with Crippen LogP contribution in [0.25, 0.3) is 10.9 Å².